The molecular formula is C32H27ClI2N2O6S. The van der Waals surface area contributed by atoms with Gasteiger partial charge in [0.2, 0.25) is 0 Å². The maximum absolute atomic E-state index is 14.0. The maximum Gasteiger partial charge on any atom is 0.337 e. The van der Waals surface area contributed by atoms with Crippen molar-refractivity contribution in [1.82, 2.24) is 4.57 Å². The second-order valence-electron chi connectivity index (χ2n) is 9.44. The Labute approximate surface area is 290 Å². The van der Waals surface area contributed by atoms with E-state index in [0.717, 1.165) is 24.0 Å². The molecule has 12 heteroatoms. The van der Waals surface area contributed by atoms with E-state index in [4.69, 9.17) is 30.5 Å². The number of carbonyl (C=O) groups excluding carboxylic acids is 1. The summed E-state index contributed by atoms with van der Waals surface area (Å²) < 4.78 is 26.5. The third-order valence-electron chi connectivity index (χ3n) is 6.66. The van der Waals surface area contributed by atoms with Crippen LogP contribution in [0.25, 0.3) is 6.08 Å². The highest BCUT2D eigenvalue weighted by molar-refractivity contribution is 14.1. The SMILES string of the molecule is CCOc1ccc([C@H]2C(C(=O)OC)=CN=c3s/c(=C\c4cc(I)c(OCc5ccccc5Cl)c(I)c4)c(=O)n32)cc1OCC. The van der Waals surface area contributed by atoms with Gasteiger partial charge in [-0.25, -0.2) is 9.79 Å². The molecular weight excluding hydrogens is 830 g/mol. The van der Waals surface area contributed by atoms with Gasteiger partial charge in [-0.1, -0.05) is 47.2 Å². The van der Waals surface area contributed by atoms with Gasteiger partial charge in [0.1, 0.15) is 12.4 Å². The van der Waals surface area contributed by atoms with Crippen molar-refractivity contribution in [2.45, 2.75) is 26.5 Å². The van der Waals surface area contributed by atoms with Crippen LogP contribution < -0.4 is 29.1 Å². The lowest BCUT2D eigenvalue weighted by Crippen LogP contribution is -2.39. The Morgan fingerprint density at radius 3 is 2.41 bits per heavy atom. The molecule has 5 rings (SSSR count). The van der Waals surface area contributed by atoms with E-state index in [1.54, 1.807) is 12.1 Å². The van der Waals surface area contributed by atoms with Crippen LogP contribution >= 0.6 is 68.1 Å². The number of fused-ring (bicyclic) bond motifs is 1. The maximum atomic E-state index is 14.0. The third kappa shape index (κ3) is 6.85. The van der Waals surface area contributed by atoms with Gasteiger partial charge in [-0.05, 0) is 107 Å². The number of rotatable bonds is 10. The smallest absolute Gasteiger partial charge is 0.337 e. The van der Waals surface area contributed by atoms with Gasteiger partial charge in [-0.15, -0.1) is 0 Å². The van der Waals surface area contributed by atoms with Gasteiger partial charge in [0.25, 0.3) is 5.56 Å². The summed E-state index contributed by atoms with van der Waals surface area (Å²) in [6.07, 6.45) is 3.30. The highest BCUT2D eigenvalue weighted by Crippen LogP contribution is 2.35. The summed E-state index contributed by atoms with van der Waals surface area (Å²) in [7, 11) is 1.31. The monoisotopic (exact) mass is 856 g/mol. The van der Waals surface area contributed by atoms with Crippen molar-refractivity contribution in [3.8, 4) is 17.2 Å². The molecule has 0 aliphatic carbocycles. The zero-order valence-corrected chi connectivity index (χ0v) is 29.8. The first kappa shape index (κ1) is 32.5. The normalized spacial score (nSPS) is 14.4. The van der Waals surface area contributed by atoms with Crippen molar-refractivity contribution in [2.24, 2.45) is 4.99 Å². The number of halogens is 3. The second kappa shape index (κ2) is 14.5. The van der Waals surface area contributed by atoms with Crippen LogP contribution in [0.2, 0.25) is 5.02 Å². The van der Waals surface area contributed by atoms with E-state index in [1.807, 2.05) is 62.4 Å². The molecule has 44 heavy (non-hydrogen) atoms. The number of esters is 1. The molecule has 1 aliphatic heterocycles. The van der Waals surface area contributed by atoms with Crippen LogP contribution in [0, 0.1) is 7.14 Å². The lowest BCUT2D eigenvalue weighted by Gasteiger charge is -2.23. The summed E-state index contributed by atoms with van der Waals surface area (Å²) in [4.78, 5) is 31.8. The standard InChI is InChI=1S/C32H27ClI2N2O6S/c1-4-41-25-11-10-19(15-26(25)42-5-2)28-21(31(39)40-3)16-36-32-37(28)30(38)27(44-32)14-18-12-23(34)29(24(35)13-18)43-17-20-8-6-7-9-22(20)33/h6-16,28H,4-5,17H2,1-3H3/b27-14-/t28-/m0/s1. The van der Waals surface area contributed by atoms with Crippen LogP contribution in [0.3, 0.4) is 0 Å². The Morgan fingerprint density at radius 2 is 1.73 bits per heavy atom. The number of thiazole rings is 1. The average molecular weight is 857 g/mol. The van der Waals surface area contributed by atoms with E-state index in [1.165, 1.54) is 29.2 Å². The van der Waals surface area contributed by atoms with Crippen LogP contribution in [0.5, 0.6) is 17.2 Å². The molecule has 0 spiro atoms. The van der Waals surface area contributed by atoms with Crippen LogP contribution in [-0.4, -0.2) is 30.9 Å². The molecule has 4 aromatic rings. The van der Waals surface area contributed by atoms with Crippen molar-refractivity contribution < 1.29 is 23.7 Å². The zero-order valence-electron chi connectivity index (χ0n) is 23.9. The molecule has 0 saturated heterocycles. The number of benzene rings is 3. The first-order valence-electron chi connectivity index (χ1n) is 13.6. The minimum Gasteiger partial charge on any atom is -0.490 e. The van der Waals surface area contributed by atoms with Crippen molar-refractivity contribution >= 4 is 80.2 Å². The van der Waals surface area contributed by atoms with Gasteiger partial charge in [0.15, 0.2) is 16.3 Å². The topological polar surface area (TPSA) is 88.4 Å². The highest BCUT2D eigenvalue weighted by Gasteiger charge is 2.31. The van der Waals surface area contributed by atoms with Crippen molar-refractivity contribution in [2.75, 3.05) is 20.3 Å². The Morgan fingerprint density at radius 1 is 1.02 bits per heavy atom. The van der Waals surface area contributed by atoms with E-state index < -0.39 is 12.0 Å². The molecule has 0 saturated carbocycles. The number of hydrogen-bond donors (Lipinski definition) is 0. The Hall–Kier alpha value is -2.88. The number of hydrogen-bond acceptors (Lipinski definition) is 8. The number of aromatic nitrogens is 1. The molecule has 0 fully saturated rings. The molecule has 1 atom stereocenters. The Balaban J connectivity index is 1.55. The number of methoxy groups -OCH3 is 1. The minimum absolute atomic E-state index is 0.238. The third-order valence-corrected chi connectivity index (χ3v) is 9.62. The van der Waals surface area contributed by atoms with E-state index in [-0.39, 0.29) is 11.1 Å². The molecule has 228 valence electrons. The summed E-state index contributed by atoms with van der Waals surface area (Å²) >= 11 is 12.0. The largest absolute Gasteiger partial charge is 0.490 e. The van der Waals surface area contributed by atoms with Crippen molar-refractivity contribution in [3.63, 3.8) is 0 Å². The first-order valence-corrected chi connectivity index (χ1v) is 16.9. The lowest BCUT2D eigenvalue weighted by atomic mass is 9.97. The molecule has 0 N–H and O–H groups in total. The number of nitrogens with zero attached hydrogens (tertiary/aromatic N) is 2. The Kier molecular flexibility index (Phi) is 10.7. The molecule has 0 bridgehead atoms. The molecule has 0 unspecified atom stereocenters. The predicted octanol–water partition coefficient (Wildman–Crippen LogP) is 6.26. The first-order chi connectivity index (χ1) is 21.2. The predicted molar refractivity (Wildman–Crippen MR) is 188 cm³/mol. The minimum atomic E-state index is -0.767. The molecule has 0 radical (unpaired) electrons. The van der Waals surface area contributed by atoms with E-state index in [0.29, 0.717) is 51.2 Å². The molecule has 0 amide bonds. The van der Waals surface area contributed by atoms with Gasteiger partial charge >= 0.3 is 5.97 Å². The van der Waals surface area contributed by atoms with Crippen LogP contribution in [-0.2, 0) is 16.1 Å². The Bertz CT molecular complexity index is 1910. The summed E-state index contributed by atoms with van der Waals surface area (Å²) in [6.45, 7) is 5.00. The summed E-state index contributed by atoms with van der Waals surface area (Å²) in [5.74, 6) is 1.28. The summed E-state index contributed by atoms with van der Waals surface area (Å²) in [5, 5.41) is 0.650. The zero-order chi connectivity index (χ0) is 31.4. The van der Waals surface area contributed by atoms with Gasteiger partial charge < -0.3 is 18.9 Å². The van der Waals surface area contributed by atoms with Crippen molar-refractivity contribution in [3.05, 3.63) is 115 Å². The fourth-order valence-corrected chi connectivity index (χ4v) is 7.99. The highest BCUT2D eigenvalue weighted by atomic mass is 127. The fraction of sp³-hybridized carbons (Fsp3) is 0.219. The molecule has 2 heterocycles. The van der Waals surface area contributed by atoms with E-state index >= 15 is 0 Å². The molecule has 1 aliphatic rings. The van der Waals surface area contributed by atoms with Gasteiger partial charge in [0, 0.05) is 16.8 Å². The fourth-order valence-electron chi connectivity index (χ4n) is 4.70. The van der Waals surface area contributed by atoms with Crippen LogP contribution in [0.1, 0.15) is 36.6 Å². The van der Waals surface area contributed by atoms with Crippen molar-refractivity contribution in [1.29, 1.82) is 0 Å². The van der Waals surface area contributed by atoms with E-state index in [2.05, 4.69) is 50.2 Å². The van der Waals surface area contributed by atoms with Gasteiger partial charge in [0.05, 0.1) is 43.6 Å². The average Bonchev–Trinajstić information content (AvgIpc) is 3.32. The summed E-state index contributed by atoms with van der Waals surface area (Å²) in [6, 6.07) is 16.1. The van der Waals surface area contributed by atoms with Gasteiger partial charge in [-0.3, -0.25) is 9.36 Å². The second-order valence-corrected chi connectivity index (χ2v) is 13.2. The lowest BCUT2D eigenvalue weighted by molar-refractivity contribution is -0.136. The summed E-state index contributed by atoms with van der Waals surface area (Å²) in [5.41, 5.74) is 2.36. The van der Waals surface area contributed by atoms with Gasteiger partial charge in [-0.2, -0.15) is 0 Å². The van der Waals surface area contributed by atoms with E-state index in [9.17, 15) is 9.59 Å². The number of carbonyl (C=O) groups is 1. The van der Waals surface area contributed by atoms with Crippen LogP contribution in [0.4, 0.5) is 0 Å². The number of ether oxygens (including phenoxy) is 4. The molecule has 1 aromatic heterocycles. The molecule has 8 nitrogen and oxygen atoms in total. The van der Waals surface area contributed by atoms with Crippen LogP contribution in [0.15, 0.2) is 76.2 Å². The molecule has 3 aromatic carbocycles. The quantitative estimate of drug-likeness (QED) is 0.139.